The molecule has 5 heteroatoms. The molecule has 4 nitrogen and oxygen atoms in total. The third-order valence-corrected chi connectivity index (χ3v) is 3.83. The molecule has 2 aromatic carbocycles. The average Bonchev–Trinajstić information content (AvgIpc) is 2.61. The molecule has 0 amide bonds. The van der Waals surface area contributed by atoms with E-state index in [1.165, 1.54) is 0 Å². The Balaban J connectivity index is 1.85. The number of benzene rings is 2. The van der Waals surface area contributed by atoms with Crippen LogP contribution in [0.2, 0.25) is 5.02 Å². The Bertz CT molecular complexity index is 817. The van der Waals surface area contributed by atoms with Crippen molar-refractivity contribution in [1.82, 2.24) is 9.97 Å². The highest BCUT2D eigenvalue weighted by atomic mass is 35.5. The first-order valence-electron chi connectivity index (χ1n) is 8.29. The van der Waals surface area contributed by atoms with Crippen LogP contribution in [0.4, 0.5) is 11.6 Å². The van der Waals surface area contributed by atoms with Crippen molar-refractivity contribution in [3.05, 3.63) is 71.2 Å². The van der Waals surface area contributed by atoms with Gasteiger partial charge in [-0.3, -0.25) is 0 Å². The standard InChI is InChI=1S/C20H21ClN4/c1-14(2)23-19-12-18(22-13-15-8-10-17(21)11-9-15)24-20(25-19)16-6-4-3-5-7-16/h3-12,14H,13H2,1-2H3,(H2,22,23,24,25). The molecule has 128 valence electrons. The smallest absolute Gasteiger partial charge is 0.163 e. The maximum Gasteiger partial charge on any atom is 0.163 e. The van der Waals surface area contributed by atoms with E-state index in [1.54, 1.807) is 0 Å². The molecule has 3 rings (SSSR count). The predicted octanol–water partition coefficient (Wildman–Crippen LogP) is 5.23. The predicted molar refractivity (Wildman–Crippen MR) is 105 cm³/mol. The molecule has 0 bridgehead atoms. The van der Waals surface area contributed by atoms with Gasteiger partial charge in [-0.25, -0.2) is 9.97 Å². The normalized spacial score (nSPS) is 10.7. The molecule has 0 aliphatic heterocycles. The van der Waals surface area contributed by atoms with Gasteiger partial charge in [0.2, 0.25) is 0 Å². The van der Waals surface area contributed by atoms with Crippen LogP contribution in [0.25, 0.3) is 11.4 Å². The summed E-state index contributed by atoms with van der Waals surface area (Å²) in [5.41, 5.74) is 2.13. The Kier molecular flexibility index (Phi) is 5.51. The number of hydrogen-bond donors (Lipinski definition) is 2. The molecule has 1 aromatic heterocycles. The van der Waals surface area contributed by atoms with Crippen molar-refractivity contribution in [2.45, 2.75) is 26.4 Å². The average molecular weight is 353 g/mol. The van der Waals surface area contributed by atoms with Crippen molar-refractivity contribution in [3.8, 4) is 11.4 Å². The molecule has 0 unspecified atom stereocenters. The van der Waals surface area contributed by atoms with Gasteiger partial charge in [0.25, 0.3) is 0 Å². The van der Waals surface area contributed by atoms with Crippen LogP contribution in [0, 0.1) is 0 Å². The lowest BCUT2D eigenvalue weighted by Crippen LogP contribution is -2.13. The Morgan fingerprint density at radius 1 is 0.920 bits per heavy atom. The van der Waals surface area contributed by atoms with Gasteiger partial charge in [-0.05, 0) is 31.5 Å². The quantitative estimate of drug-likeness (QED) is 0.637. The highest BCUT2D eigenvalue weighted by Gasteiger charge is 2.08. The molecule has 0 atom stereocenters. The summed E-state index contributed by atoms with van der Waals surface area (Å²) in [7, 11) is 0. The van der Waals surface area contributed by atoms with Gasteiger partial charge in [-0.15, -0.1) is 0 Å². The summed E-state index contributed by atoms with van der Waals surface area (Å²) in [5, 5.41) is 7.46. The Morgan fingerprint density at radius 3 is 2.28 bits per heavy atom. The van der Waals surface area contributed by atoms with Crippen LogP contribution in [0.15, 0.2) is 60.7 Å². The molecule has 0 aliphatic carbocycles. The summed E-state index contributed by atoms with van der Waals surface area (Å²) >= 11 is 5.94. The van der Waals surface area contributed by atoms with Gasteiger partial charge in [-0.1, -0.05) is 54.1 Å². The first-order valence-corrected chi connectivity index (χ1v) is 8.67. The first kappa shape index (κ1) is 17.2. The van der Waals surface area contributed by atoms with Crippen molar-refractivity contribution in [1.29, 1.82) is 0 Å². The highest BCUT2D eigenvalue weighted by molar-refractivity contribution is 6.30. The summed E-state index contributed by atoms with van der Waals surface area (Å²) in [4.78, 5) is 9.29. The van der Waals surface area contributed by atoms with Crippen molar-refractivity contribution < 1.29 is 0 Å². The zero-order valence-electron chi connectivity index (χ0n) is 14.3. The van der Waals surface area contributed by atoms with E-state index in [0.717, 1.165) is 27.8 Å². The monoisotopic (exact) mass is 352 g/mol. The number of nitrogens with zero attached hydrogens (tertiary/aromatic N) is 2. The molecule has 2 N–H and O–H groups in total. The molecule has 0 aliphatic rings. The van der Waals surface area contributed by atoms with Crippen LogP contribution in [-0.4, -0.2) is 16.0 Å². The minimum absolute atomic E-state index is 0.294. The largest absolute Gasteiger partial charge is 0.368 e. The number of halogens is 1. The topological polar surface area (TPSA) is 49.8 Å². The van der Waals surface area contributed by atoms with Crippen molar-refractivity contribution >= 4 is 23.2 Å². The van der Waals surface area contributed by atoms with Gasteiger partial charge in [0, 0.05) is 29.2 Å². The lowest BCUT2D eigenvalue weighted by atomic mass is 10.2. The van der Waals surface area contributed by atoms with Crippen LogP contribution >= 0.6 is 11.6 Å². The van der Waals surface area contributed by atoms with Gasteiger partial charge in [0.05, 0.1) is 0 Å². The van der Waals surface area contributed by atoms with Crippen LogP contribution in [-0.2, 0) is 6.54 Å². The molecule has 0 radical (unpaired) electrons. The zero-order valence-corrected chi connectivity index (χ0v) is 15.1. The molecule has 0 spiro atoms. The van der Waals surface area contributed by atoms with E-state index in [-0.39, 0.29) is 0 Å². The minimum atomic E-state index is 0.294. The van der Waals surface area contributed by atoms with Gasteiger partial charge >= 0.3 is 0 Å². The third kappa shape index (κ3) is 4.94. The summed E-state index contributed by atoms with van der Waals surface area (Å²) in [6.07, 6.45) is 0. The van der Waals surface area contributed by atoms with Crippen molar-refractivity contribution in [2.24, 2.45) is 0 Å². The Morgan fingerprint density at radius 2 is 1.60 bits per heavy atom. The maximum absolute atomic E-state index is 5.94. The molecule has 0 fully saturated rings. The van der Waals surface area contributed by atoms with Gasteiger partial charge in [-0.2, -0.15) is 0 Å². The lowest BCUT2D eigenvalue weighted by Gasteiger charge is -2.13. The van der Waals surface area contributed by atoms with Gasteiger partial charge in [0.1, 0.15) is 11.6 Å². The van der Waals surface area contributed by atoms with Gasteiger partial charge in [0.15, 0.2) is 5.82 Å². The SMILES string of the molecule is CC(C)Nc1cc(NCc2ccc(Cl)cc2)nc(-c2ccccc2)n1. The fraction of sp³-hybridized carbons (Fsp3) is 0.200. The second-order valence-electron chi connectivity index (χ2n) is 6.11. The van der Waals surface area contributed by atoms with Crippen molar-refractivity contribution in [3.63, 3.8) is 0 Å². The van der Waals surface area contributed by atoms with E-state index in [2.05, 4.69) is 34.4 Å². The maximum atomic E-state index is 5.94. The Hall–Kier alpha value is -2.59. The number of aromatic nitrogens is 2. The van der Waals surface area contributed by atoms with E-state index in [4.69, 9.17) is 11.6 Å². The molecular weight excluding hydrogens is 332 g/mol. The molecule has 0 saturated heterocycles. The molecular formula is C20H21ClN4. The van der Waals surface area contributed by atoms with E-state index in [0.29, 0.717) is 18.4 Å². The third-order valence-electron chi connectivity index (χ3n) is 3.58. The van der Waals surface area contributed by atoms with E-state index < -0.39 is 0 Å². The summed E-state index contributed by atoms with van der Waals surface area (Å²) < 4.78 is 0. The van der Waals surface area contributed by atoms with Crippen LogP contribution in [0.5, 0.6) is 0 Å². The first-order chi connectivity index (χ1) is 12.1. The van der Waals surface area contributed by atoms with Crippen LogP contribution < -0.4 is 10.6 Å². The second-order valence-corrected chi connectivity index (χ2v) is 6.54. The van der Waals surface area contributed by atoms with Crippen molar-refractivity contribution in [2.75, 3.05) is 10.6 Å². The molecule has 25 heavy (non-hydrogen) atoms. The number of rotatable bonds is 6. The fourth-order valence-electron chi connectivity index (χ4n) is 2.42. The second kappa shape index (κ2) is 7.99. The Labute approximate surface area is 153 Å². The van der Waals surface area contributed by atoms with Gasteiger partial charge < -0.3 is 10.6 Å². The van der Waals surface area contributed by atoms with E-state index in [9.17, 15) is 0 Å². The summed E-state index contributed by atoms with van der Waals surface area (Å²) in [5.74, 6) is 2.29. The summed E-state index contributed by atoms with van der Waals surface area (Å²) in [6, 6.07) is 20.0. The number of anilines is 2. The minimum Gasteiger partial charge on any atom is -0.368 e. The number of nitrogens with one attached hydrogen (secondary N) is 2. The zero-order chi connectivity index (χ0) is 17.6. The lowest BCUT2D eigenvalue weighted by molar-refractivity contribution is 0.887. The molecule has 0 saturated carbocycles. The van der Waals surface area contributed by atoms with Crippen LogP contribution in [0.3, 0.4) is 0 Å². The fourth-order valence-corrected chi connectivity index (χ4v) is 2.54. The van der Waals surface area contributed by atoms with Crippen LogP contribution in [0.1, 0.15) is 19.4 Å². The highest BCUT2D eigenvalue weighted by Crippen LogP contribution is 2.21. The summed E-state index contributed by atoms with van der Waals surface area (Å²) in [6.45, 7) is 4.85. The van der Waals surface area contributed by atoms with E-state index in [1.807, 2.05) is 60.7 Å². The molecule has 1 heterocycles. The van der Waals surface area contributed by atoms with E-state index >= 15 is 0 Å². The molecule has 3 aromatic rings. The number of hydrogen-bond acceptors (Lipinski definition) is 4.